The van der Waals surface area contributed by atoms with Gasteiger partial charge in [0.25, 0.3) is 5.91 Å². The summed E-state index contributed by atoms with van der Waals surface area (Å²) in [4.78, 5) is 21.3. The summed E-state index contributed by atoms with van der Waals surface area (Å²) in [6.07, 6.45) is 1.42. The van der Waals surface area contributed by atoms with Gasteiger partial charge in [0, 0.05) is 27.9 Å². The minimum Gasteiger partial charge on any atom is -0.493 e. The summed E-state index contributed by atoms with van der Waals surface area (Å²) in [5, 5.41) is 3.46. The fourth-order valence-electron chi connectivity index (χ4n) is 3.06. The van der Waals surface area contributed by atoms with E-state index in [1.165, 1.54) is 6.33 Å². The molecular formula is C25H20ClN3O3. The first-order valence-electron chi connectivity index (χ1n) is 9.84. The number of rotatable bonds is 6. The maximum Gasteiger partial charge on any atom is 0.255 e. The normalized spacial score (nSPS) is 10.5. The zero-order chi connectivity index (χ0) is 22.5. The maximum atomic E-state index is 12.7. The van der Waals surface area contributed by atoms with Crippen LogP contribution in [0, 0.1) is 6.92 Å². The predicted octanol–water partition coefficient (Wildman–Crippen LogP) is 6.16. The van der Waals surface area contributed by atoms with E-state index in [2.05, 4.69) is 15.3 Å². The molecule has 0 saturated carbocycles. The second-order valence-corrected chi connectivity index (χ2v) is 7.40. The van der Waals surface area contributed by atoms with Crippen LogP contribution >= 0.6 is 11.6 Å². The highest BCUT2D eigenvalue weighted by molar-refractivity contribution is 6.31. The third kappa shape index (κ3) is 4.87. The first-order valence-corrected chi connectivity index (χ1v) is 10.2. The van der Waals surface area contributed by atoms with Gasteiger partial charge in [-0.2, -0.15) is 0 Å². The van der Waals surface area contributed by atoms with Crippen LogP contribution in [0.2, 0.25) is 5.02 Å². The summed E-state index contributed by atoms with van der Waals surface area (Å²) in [5.74, 6) is 1.27. The Bertz CT molecular complexity index is 1280. The second kappa shape index (κ2) is 9.49. The van der Waals surface area contributed by atoms with E-state index < -0.39 is 0 Å². The molecule has 4 rings (SSSR count). The Morgan fingerprint density at radius 1 is 0.938 bits per heavy atom. The first-order chi connectivity index (χ1) is 15.5. The van der Waals surface area contributed by atoms with Gasteiger partial charge < -0.3 is 14.8 Å². The molecule has 3 aromatic carbocycles. The molecule has 1 amide bonds. The number of carbonyl (C=O) groups excluding carboxylic acids is 1. The number of aryl methyl sites for hydroxylation is 1. The topological polar surface area (TPSA) is 73.3 Å². The Hall–Kier alpha value is -3.90. The number of hydrogen-bond acceptors (Lipinski definition) is 5. The highest BCUT2D eigenvalue weighted by Gasteiger charge is 2.11. The van der Waals surface area contributed by atoms with Crippen LogP contribution in [0.5, 0.6) is 17.4 Å². The lowest BCUT2D eigenvalue weighted by Crippen LogP contribution is -2.12. The standard InChI is InChI=1S/C25H20ClN3O3/c1-16-10-11-19(13-20(16)26)29-25(30)18-7-5-6-17(12-18)21-14-24(28-15-27-21)32-23-9-4-3-8-22(23)31-2/h3-15H,1-2H3,(H,29,30). The molecule has 6 nitrogen and oxygen atoms in total. The van der Waals surface area contributed by atoms with Crippen LogP contribution in [0.3, 0.4) is 0 Å². The molecule has 0 radical (unpaired) electrons. The van der Waals surface area contributed by atoms with Gasteiger partial charge in [0.15, 0.2) is 11.5 Å². The molecule has 0 atom stereocenters. The highest BCUT2D eigenvalue weighted by atomic mass is 35.5. The van der Waals surface area contributed by atoms with Crippen molar-refractivity contribution in [2.24, 2.45) is 0 Å². The van der Waals surface area contributed by atoms with Gasteiger partial charge in [0.2, 0.25) is 5.88 Å². The average Bonchev–Trinajstić information content (AvgIpc) is 2.82. The van der Waals surface area contributed by atoms with Crippen molar-refractivity contribution in [3.8, 4) is 28.6 Å². The van der Waals surface area contributed by atoms with Crippen LogP contribution in [-0.2, 0) is 0 Å². The molecule has 1 N–H and O–H groups in total. The summed E-state index contributed by atoms with van der Waals surface area (Å²) in [6, 6.07) is 21.6. The maximum absolute atomic E-state index is 12.7. The van der Waals surface area contributed by atoms with Gasteiger partial charge in [-0.1, -0.05) is 41.9 Å². The van der Waals surface area contributed by atoms with Crippen molar-refractivity contribution in [2.75, 3.05) is 12.4 Å². The number of hydrogen-bond donors (Lipinski definition) is 1. The minimum atomic E-state index is -0.244. The number of carbonyl (C=O) groups is 1. The van der Waals surface area contributed by atoms with Crippen molar-refractivity contribution in [3.63, 3.8) is 0 Å². The zero-order valence-electron chi connectivity index (χ0n) is 17.5. The van der Waals surface area contributed by atoms with Crippen LogP contribution in [0.4, 0.5) is 5.69 Å². The lowest BCUT2D eigenvalue weighted by molar-refractivity contribution is 0.102. The van der Waals surface area contributed by atoms with Gasteiger partial charge in [0.05, 0.1) is 12.8 Å². The molecule has 1 heterocycles. The van der Waals surface area contributed by atoms with Gasteiger partial charge in [0.1, 0.15) is 6.33 Å². The molecule has 32 heavy (non-hydrogen) atoms. The van der Waals surface area contributed by atoms with E-state index in [0.29, 0.717) is 39.3 Å². The number of nitrogens with zero attached hydrogens (tertiary/aromatic N) is 2. The molecule has 0 aliphatic carbocycles. The van der Waals surface area contributed by atoms with Crippen molar-refractivity contribution >= 4 is 23.2 Å². The lowest BCUT2D eigenvalue weighted by Gasteiger charge is -2.10. The Morgan fingerprint density at radius 2 is 1.75 bits per heavy atom. The monoisotopic (exact) mass is 445 g/mol. The third-order valence-electron chi connectivity index (χ3n) is 4.78. The van der Waals surface area contributed by atoms with Crippen LogP contribution in [0.1, 0.15) is 15.9 Å². The average molecular weight is 446 g/mol. The van der Waals surface area contributed by atoms with Gasteiger partial charge in [-0.3, -0.25) is 4.79 Å². The number of amides is 1. The van der Waals surface area contributed by atoms with E-state index in [4.69, 9.17) is 21.1 Å². The van der Waals surface area contributed by atoms with E-state index in [0.717, 1.165) is 11.1 Å². The SMILES string of the molecule is COc1ccccc1Oc1cc(-c2cccc(C(=O)Nc3ccc(C)c(Cl)c3)c2)ncn1. The Labute approximate surface area is 190 Å². The van der Waals surface area contributed by atoms with Crippen molar-refractivity contribution in [3.05, 3.63) is 95.3 Å². The molecule has 4 aromatic rings. The number of anilines is 1. The summed E-state index contributed by atoms with van der Waals surface area (Å²) < 4.78 is 11.2. The van der Waals surface area contributed by atoms with E-state index in [-0.39, 0.29) is 5.91 Å². The first kappa shape index (κ1) is 21.3. The number of methoxy groups -OCH3 is 1. The molecule has 160 valence electrons. The van der Waals surface area contributed by atoms with Crippen LogP contribution in [0.15, 0.2) is 79.1 Å². The Morgan fingerprint density at radius 3 is 2.53 bits per heavy atom. The molecule has 0 unspecified atom stereocenters. The van der Waals surface area contributed by atoms with Crippen LogP contribution in [-0.4, -0.2) is 23.0 Å². The fraction of sp³-hybridized carbons (Fsp3) is 0.0800. The highest BCUT2D eigenvalue weighted by Crippen LogP contribution is 2.31. The zero-order valence-corrected chi connectivity index (χ0v) is 18.3. The molecular weight excluding hydrogens is 426 g/mol. The number of nitrogens with one attached hydrogen (secondary N) is 1. The molecule has 7 heteroatoms. The number of halogens is 1. The molecule has 0 saturated heterocycles. The predicted molar refractivity (Wildman–Crippen MR) is 125 cm³/mol. The molecule has 1 aromatic heterocycles. The van der Waals surface area contributed by atoms with Gasteiger partial charge in [-0.15, -0.1) is 0 Å². The molecule has 0 aliphatic rings. The molecule has 0 fully saturated rings. The molecule has 0 spiro atoms. The van der Waals surface area contributed by atoms with Crippen LogP contribution in [0.25, 0.3) is 11.3 Å². The largest absolute Gasteiger partial charge is 0.493 e. The number of benzene rings is 3. The summed E-state index contributed by atoms with van der Waals surface area (Å²) >= 11 is 6.16. The van der Waals surface area contributed by atoms with Crippen molar-refractivity contribution < 1.29 is 14.3 Å². The van der Waals surface area contributed by atoms with E-state index in [9.17, 15) is 4.79 Å². The molecule has 0 aliphatic heterocycles. The van der Waals surface area contributed by atoms with Gasteiger partial charge in [-0.25, -0.2) is 9.97 Å². The Kier molecular flexibility index (Phi) is 6.33. The smallest absolute Gasteiger partial charge is 0.255 e. The number of para-hydroxylation sites is 2. The summed E-state index contributed by atoms with van der Waals surface area (Å²) in [6.45, 7) is 1.91. The Balaban J connectivity index is 1.56. The minimum absolute atomic E-state index is 0.244. The third-order valence-corrected chi connectivity index (χ3v) is 5.18. The van der Waals surface area contributed by atoms with E-state index in [1.807, 2.05) is 37.3 Å². The van der Waals surface area contributed by atoms with Crippen molar-refractivity contribution in [1.82, 2.24) is 9.97 Å². The fourth-order valence-corrected chi connectivity index (χ4v) is 3.24. The van der Waals surface area contributed by atoms with Crippen molar-refractivity contribution in [1.29, 1.82) is 0 Å². The number of aromatic nitrogens is 2. The molecule has 0 bridgehead atoms. The van der Waals surface area contributed by atoms with E-state index in [1.54, 1.807) is 49.6 Å². The van der Waals surface area contributed by atoms with Gasteiger partial charge in [-0.05, 0) is 48.9 Å². The number of ether oxygens (including phenoxy) is 2. The summed E-state index contributed by atoms with van der Waals surface area (Å²) in [7, 11) is 1.58. The lowest BCUT2D eigenvalue weighted by atomic mass is 10.1. The van der Waals surface area contributed by atoms with Gasteiger partial charge >= 0.3 is 0 Å². The van der Waals surface area contributed by atoms with E-state index >= 15 is 0 Å². The van der Waals surface area contributed by atoms with Crippen LogP contribution < -0.4 is 14.8 Å². The quantitative estimate of drug-likeness (QED) is 0.385. The summed E-state index contributed by atoms with van der Waals surface area (Å²) in [5.41, 5.74) is 3.45. The second-order valence-electron chi connectivity index (χ2n) is 6.99. The van der Waals surface area contributed by atoms with Crippen molar-refractivity contribution in [2.45, 2.75) is 6.92 Å².